The van der Waals surface area contributed by atoms with E-state index in [-0.39, 0.29) is 0 Å². The molecule has 0 spiro atoms. The molecule has 2 rings (SSSR count). The summed E-state index contributed by atoms with van der Waals surface area (Å²) < 4.78 is 0. The van der Waals surface area contributed by atoms with Crippen molar-refractivity contribution < 1.29 is 0 Å². The molecular weight excluding hydrogens is 226 g/mol. The van der Waals surface area contributed by atoms with Crippen LogP contribution in [0.15, 0.2) is 36.8 Å². The summed E-state index contributed by atoms with van der Waals surface area (Å²) in [6.07, 6.45) is 3.53. The molecule has 1 aromatic carbocycles. The van der Waals surface area contributed by atoms with Crippen LogP contribution in [0.2, 0.25) is 0 Å². The van der Waals surface area contributed by atoms with Gasteiger partial charge in [0.05, 0.1) is 24.7 Å². The van der Waals surface area contributed by atoms with Gasteiger partial charge in [0.25, 0.3) is 0 Å². The van der Waals surface area contributed by atoms with Gasteiger partial charge in [-0.15, -0.1) is 0 Å². The van der Waals surface area contributed by atoms with Gasteiger partial charge in [0.2, 0.25) is 0 Å². The first kappa shape index (κ1) is 11.9. The second-order valence-corrected chi connectivity index (χ2v) is 3.80. The molecule has 0 saturated heterocycles. The number of anilines is 2. The van der Waals surface area contributed by atoms with Gasteiger partial charge in [-0.3, -0.25) is 0 Å². The highest BCUT2D eigenvalue weighted by Gasteiger charge is 2.01. The van der Waals surface area contributed by atoms with Crippen LogP contribution in [0.5, 0.6) is 0 Å². The summed E-state index contributed by atoms with van der Waals surface area (Å²) in [7, 11) is 0. The van der Waals surface area contributed by atoms with Crippen molar-refractivity contribution in [2.24, 2.45) is 0 Å². The molecule has 0 amide bonds. The second-order valence-electron chi connectivity index (χ2n) is 3.80. The van der Waals surface area contributed by atoms with Gasteiger partial charge in [-0.1, -0.05) is 0 Å². The van der Waals surface area contributed by atoms with Crippen molar-refractivity contribution in [1.82, 2.24) is 9.97 Å². The van der Waals surface area contributed by atoms with Crippen molar-refractivity contribution in [2.45, 2.75) is 13.0 Å². The van der Waals surface area contributed by atoms with Gasteiger partial charge < -0.3 is 11.1 Å². The highest BCUT2D eigenvalue weighted by molar-refractivity contribution is 5.58. The molecule has 90 valence electrons. The van der Waals surface area contributed by atoms with E-state index in [2.05, 4.69) is 21.4 Å². The quantitative estimate of drug-likeness (QED) is 0.793. The minimum Gasteiger partial charge on any atom is -0.398 e. The van der Waals surface area contributed by atoms with Crippen LogP contribution in [0.25, 0.3) is 0 Å². The van der Waals surface area contributed by atoms with E-state index in [4.69, 9.17) is 11.0 Å². The monoisotopic (exact) mass is 239 g/mol. The Balaban J connectivity index is 2.06. The van der Waals surface area contributed by atoms with E-state index in [9.17, 15) is 0 Å². The molecule has 0 aliphatic heterocycles. The average molecular weight is 239 g/mol. The van der Waals surface area contributed by atoms with Gasteiger partial charge in [-0.25, -0.2) is 9.97 Å². The van der Waals surface area contributed by atoms with E-state index in [0.717, 1.165) is 16.9 Å². The molecule has 1 aromatic heterocycles. The van der Waals surface area contributed by atoms with Crippen LogP contribution in [-0.4, -0.2) is 9.97 Å². The lowest BCUT2D eigenvalue weighted by Gasteiger charge is -2.08. The average Bonchev–Trinajstić information content (AvgIpc) is 2.41. The SMILES string of the molecule is N#CCc1cc(NCc2ccncn2)ccc1N. The molecule has 0 aliphatic rings. The number of hydrogen-bond acceptors (Lipinski definition) is 5. The number of benzene rings is 1. The summed E-state index contributed by atoms with van der Waals surface area (Å²) in [5.41, 5.74) is 9.09. The van der Waals surface area contributed by atoms with E-state index in [0.29, 0.717) is 18.7 Å². The molecule has 0 fully saturated rings. The van der Waals surface area contributed by atoms with Crippen LogP contribution in [-0.2, 0) is 13.0 Å². The second kappa shape index (κ2) is 5.64. The topological polar surface area (TPSA) is 87.6 Å². The number of aromatic nitrogens is 2. The van der Waals surface area contributed by atoms with E-state index >= 15 is 0 Å². The number of nitrogens with two attached hydrogens (primary N) is 1. The van der Waals surface area contributed by atoms with Gasteiger partial charge in [-0.2, -0.15) is 5.26 Å². The zero-order chi connectivity index (χ0) is 12.8. The van der Waals surface area contributed by atoms with Crippen molar-refractivity contribution in [2.75, 3.05) is 11.1 Å². The predicted octanol–water partition coefficient (Wildman–Crippen LogP) is 1.74. The van der Waals surface area contributed by atoms with E-state index in [1.54, 1.807) is 12.3 Å². The molecule has 0 aliphatic carbocycles. The smallest absolute Gasteiger partial charge is 0.115 e. The van der Waals surface area contributed by atoms with Gasteiger partial charge in [-0.05, 0) is 29.8 Å². The molecule has 0 atom stereocenters. The van der Waals surface area contributed by atoms with Crippen LogP contribution < -0.4 is 11.1 Å². The molecule has 5 heteroatoms. The lowest BCUT2D eigenvalue weighted by molar-refractivity contribution is 1.01. The van der Waals surface area contributed by atoms with Crippen molar-refractivity contribution in [3.8, 4) is 6.07 Å². The maximum Gasteiger partial charge on any atom is 0.115 e. The Hall–Kier alpha value is -2.61. The Kier molecular flexibility index (Phi) is 3.72. The first-order valence-corrected chi connectivity index (χ1v) is 5.53. The van der Waals surface area contributed by atoms with Crippen LogP contribution in [0.1, 0.15) is 11.3 Å². The highest BCUT2D eigenvalue weighted by Crippen LogP contribution is 2.18. The van der Waals surface area contributed by atoms with E-state index in [1.807, 2.05) is 18.2 Å². The Morgan fingerprint density at radius 2 is 2.22 bits per heavy atom. The molecular formula is C13H13N5. The molecule has 1 heterocycles. The minimum absolute atomic E-state index is 0.314. The van der Waals surface area contributed by atoms with Crippen LogP contribution in [0, 0.1) is 11.3 Å². The summed E-state index contributed by atoms with van der Waals surface area (Å²) in [5.74, 6) is 0. The molecule has 5 nitrogen and oxygen atoms in total. The third-order valence-electron chi connectivity index (χ3n) is 2.53. The zero-order valence-electron chi connectivity index (χ0n) is 9.80. The Labute approximate surface area is 105 Å². The fourth-order valence-electron chi connectivity index (χ4n) is 1.57. The molecule has 0 bridgehead atoms. The minimum atomic E-state index is 0.314. The number of rotatable bonds is 4. The highest BCUT2D eigenvalue weighted by atomic mass is 14.9. The summed E-state index contributed by atoms with van der Waals surface area (Å²) in [4.78, 5) is 7.98. The molecule has 0 radical (unpaired) electrons. The molecule has 3 N–H and O–H groups in total. The Morgan fingerprint density at radius 3 is 2.94 bits per heavy atom. The van der Waals surface area contributed by atoms with Gasteiger partial charge in [0.1, 0.15) is 6.33 Å². The van der Waals surface area contributed by atoms with Crippen molar-refractivity contribution in [1.29, 1.82) is 5.26 Å². The fraction of sp³-hybridized carbons (Fsp3) is 0.154. The van der Waals surface area contributed by atoms with Crippen molar-refractivity contribution >= 4 is 11.4 Å². The van der Waals surface area contributed by atoms with E-state index < -0.39 is 0 Å². The summed E-state index contributed by atoms with van der Waals surface area (Å²) >= 11 is 0. The maximum absolute atomic E-state index is 8.70. The third-order valence-corrected chi connectivity index (χ3v) is 2.53. The number of nitrogens with one attached hydrogen (secondary N) is 1. The number of hydrogen-bond donors (Lipinski definition) is 2. The van der Waals surface area contributed by atoms with Gasteiger partial charge in [0, 0.05) is 17.6 Å². The van der Waals surface area contributed by atoms with Gasteiger partial charge in [0.15, 0.2) is 0 Å². The first-order valence-electron chi connectivity index (χ1n) is 5.53. The summed E-state index contributed by atoms with van der Waals surface area (Å²) in [5, 5.41) is 11.9. The standard InChI is InChI=1S/C13H13N5/c14-5-3-10-7-11(1-2-13(10)15)17-8-12-4-6-16-9-18-12/h1-2,4,6-7,9,17H,3,8,15H2. The molecule has 18 heavy (non-hydrogen) atoms. The lowest BCUT2D eigenvalue weighted by Crippen LogP contribution is -2.03. The van der Waals surface area contributed by atoms with Crippen LogP contribution in [0.4, 0.5) is 11.4 Å². The third kappa shape index (κ3) is 2.95. The van der Waals surface area contributed by atoms with Crippen LogP contribution in [0.3, 0.4) is 0 Å². The Bertz CT molecular complexity index is 559. The fourth-order valence-corrected chi connectivity index (χ4v) is 1.57. The first-order chi connectivity index (χ1) is 8.79. The van der Waals surface area contributed by atoms with Gasteiger partial charge >= 0.3 is 0 Å². The Morgan fingerprint density at radius 1 is 1.33 bits per heavy atom. The number of nitrogens with zero attached hydrogens (tertiary/aromatic N) is 3. The zero-order valence-corrected chi connectivity index (χ0v) is 9.80. The predicted molar refractivity (Wildman–Crippen MR) is 69.5 cm³/mol. The molecule has 0 unspecified atom stereocenters. The summed E-state index contributed by atoms with van der Waals surface area (Å²) in [6, 6.07) is 9.52. The molecule has 2 aromatic rings. The largest absolute Gasteiger partial charge is 0.398 e. The maximum atomic E-state index is 8.70. The normalized spacial score (nSPS) is 9.72. The summed E-state index contributed by atoms with van der Waals surface area (Å²) in [6.45, 7) is 0.610. The number of nitrogen functional groups attached to an aromatic ring is 1. The molecule has 0 saturated carbocycles. The van der Waals surface area contributed by atoms with Crippen molar-refractivity contribution in [3.05, 3.63) is 48.0 Å². The van der Waals surface area contributed by atoms with Crippen molar-refractivity contribution in [3.63, 3.8) is 0 Å². The lowest BCUT2D eigenvalue weighted by atomic mass is 10.1. The van der Waals surface area contributed by atoms with E-state index in [1.165, 1.54) is 6.33 Å². The van der Waals surface area contributed by atoms with Crippen LogP contribution >= 0.6 is 0 Å². The number of nitriles is 1.